The van der Waals surface area contributed by atoms with Crippen molar-refractivity contribution < 1.29 is 17.9 Å². The second-order valence-electron chi connectivity index (χ2n) is 5.18. The zero-order chi connectivity index (χ0) is 15.5. The number of hydrogen-bond donors (Lipinski definition) is 0. The van der Waals surface area contributed by atoms with Gasteiger partial charge in [-0.1, -0.05) is 11.3 Å². The van der Waals surface area contributed by atoms with E-state index in [-0.39, 0.29) is 16.4 Å². The Labute approximate surface area is 130 Å². The van der Waals surface area contributed by atoms with Crippen molar-refractivity contribution >= 4 is 21.4 Å². The Balaban J connectivity index is 2.19. The summed E-state index contributed by atoms with van der Waals surface area (Å²) in [5, 5.41) is 0.386. The van der Waals surface area contributed by atoms with Crippen molar-refractivity contribution in [2.24, 2.45) is 0 Å². The van der Waals surface area contributed by atoms with Gasteiger partial charge in [-0.05, 0) is 33.6 Å². The van der Waals surface area contributed by atoms with Gasteiger partial charge >= 0.3 is 0 Å². The van der Waals surface area contributed by atoms with E-state index >= 15 is 0 Å². The van der Waals surface area contributed by atoms with Crippen LogP contribution in [0.3, 0.4) is 0 Å². The van der Waals surface area contributed by atoms with Crippen LogP contribution < -0.4 is 4.74 Å². The summed E-state index contributed by atoms with van der Waals surface area (Å²) in [6, 6.07) is -0.128. The maximum absolute atomic E-state index is 12.8. The van der Waals surface area contributed by atoms with Gasteiger partial charge in [-0.25, -0.2) is 13.4 Å². The van der Waals surface area contributed by atoms with E-state index in [2.05, 4.69) is 4.98 Å². The van der Waals surface area contributed by atoms with Gasteiger partial charge in [0.1, 0.15) is 0 Å². The lowest BCUT2D eigenvalue weighted by Crippen LogP contribution is -2.41. The summed E-state index contributed by atoms with van der Waals surface area (Å²) >= 11 is 1.06. The van der Waals surface area contributed by atoms with Crippen molar-refractivity contribution in [3.05, 3.63) is 6.20 Å². The van der Waals surface area contributed by atoms with Gasteiger partial charge in [0.25, 0.3) is 15.2 Å². The van der Waals surface area contributed by atoms with E-state index in [1.807, 2.05) is 20.8 Å². The van der Waals surface area contributed by atoms with Crippen molar-refractivity contribution in [2.75, 3.05) is 19.8 Å². The molecule has 2 heterocycles. The molecule has 0 bridgehead atoms. The Kier molecular flexibility index (Phi) is 5.59. The van der Waals surface area contributed by atoms with E-state index in [1.165, 1.54) is 10.5 Å². The third-order valence-electron chi connectivity index (χ3n) is 3.28. The molecule has 1 saturated heterocycles. The van der Waals surface area contributed by atoms with Gasteiger partial charge in [0, 0.05) is 19.2 Å². The van der Waals surface area contributed by atoms with Crippen LogP contribution in [-0.4, -0.2) is 49.6 Å². The minimum absolute atomic E-state index is 0.0125. The first kappa shape index (κ1) is 16.7. The van der Waals surface area contributed by atoms with Crippen LogP contribution in [0.15, 0.2) is 10.4 Å². The Hall–Kier alpha value is -0.700. The fourth-order valence-electron chi connectivity index (χ4n) is 2.24. The molecule has 0 spiro atoms. The highest BCUT2D eigenvalue weighted by molar-refractivity contribution is 7.91. The zero-order valence-corrected chi connectivity index (χ0v) is 14.2. The van der Waals surface area contributed by atoms with Gasteiger partial charge in [0.15, 0.2) is 4.21 Å². The number of rotatable bonds is 7. The van der Waals surface area contributed by atoms with Crippen LogP contribution in [-0.2, 0) is 14.8 Å². The normalized spacial score (nSPS) is 19.6. The molecular formula is C13H22N2O4S2. The quantitative estimate of drug-likeness (QED) is 0.764. The lowest BCUT2D eigenvalue weighted by Gasteiger charge is -2.27. The fraction of sp³-hybridized carbons (Fsp3) is 0.769. The van der Waals surface area contributed by atoms with Gasteiger partial charge in [-0.3, -0.25) is 0 Å². The smallest absolute Gasteiger partial charge is 0.274 e. The molecule has 0 saturated carbocycles. The number of aromatic nitrogens is 1. The first-order chi connectivity index (χ1) is 9.95. The van der Waals surface area contributed by atoms with E-state index in [0.717, 1.165) is 24.2 Å². The van der Waals surface area contributed by atoms with Crippen molar-refractivity contribution in [1.82, 2.24) is 9.29 Å². The Morgan fingerprint density at radius 3 is 2.90 bits per heavy atom. The summed E-state index contributed by atoms with van der Waals surface area (Å²) in [6.07, 6.45) is 3.26. The van der Waals surface area contributed by atoms with Crippen molar-refractivity contribution in [1.29, 1.82) is 0 Å². The second-order valence-corrected chi connectivity index (χ2v) is 8.29. The molecule has 1 aliphatic heterocycles. The summed E-state index contributed by atoms with van der Waals surface area (Å²) in [5.41, 5.74) is 0. The molecule has 1 fully saturated rings. The third kappa shape index (κ3) is 3.94. The molecule has 1 unspecified atom stereocenters. The van der Waals surface area contributed by atoms with Crippen molar-refractivity contribution in [2.45, 2.75) is 50.0 Å². The molecule has 1 atom stereocenters. The molecule has 1 aromatic rings. The van der Waals surface area contributed by atoms with Crippen LogP contribution in [0.2, 0.25) is 0 Å². The van der Waals surface area contributed by atoms with Gasteiger partial charge in [-0.2, -0.15) is 4.31 Å². The molecule has 0 amide bonds. The third-order valence-corrected chi connectivity index (χ3v) is 6.67. The molecule has 0 aliphatic carbocycles. The average Bonchev–Trinajstić information content (AvgIpc) is 3.07. The van der Waals surface area contributed by atoms with Crippen LogP contribution in [0.4, 0.5) is 0 Å². The molecule has 6 nitrogen and oxygen atoms in total. The molecule has 120 valence electrons. The predicted molar refractivity (Wildman–Crippen MR) is 81.3 cm³/mol. The van der Waals surface area contributed by atoms with E-state index < -0.39 is 10.0 Å². The number of sulfonamides is 1. The minimum Gasteiger partial charge on any atom is -0.470 e. The minimum atomic E-state index is -3.56. The molecule has 21 heavy (non-hydrogen) atoms. The maximum atomic E-state index is 12.8. The predicted octanol–water partition coefficient (Wildman–Crippen LogP) is 2.12. The number of thiazole rings is 1. The average molecular weight is 334 g/mol. The summed E-state index contributed by atoms with van der Waals surface area (Å²) in [5.74, 6) is 0. The summed E-state index contributed by atoms with van der Waals surface area (Å²) in [6.45, 7) is 7.16. The highest BCUT2D eigenvalue weighted by Gasteiger charge is 2.32. The molecule has 0 N–H and O–H groups in total. The van der Waals surface area contributed by atoms with E-state index in [9.17, 15) is 8.42 Å². The van der Waals surface area contributed by atoms with Crippen molar-refractivity contribution in [3.8, 4) is 5.19 Å². The van der Waals surface area contributed by atoms with Gasteiger partial charge in [0.2, 0.25) is 0 Å². The van der Waals surface area contributed by atoms with E-state index in [4.69, 9.17) is 9.47 Å². The van der Waals surface area contributed by atoms with Crippen LogP contribution in [0, 0.1) is 0 Å². The molecular weight excluding hydrogens is 312 g/mol. The Bertz CT molecular complexity index is 550. The molecule has 0 aromatic carbocycles. The molecule has 8 heteroatoms. The number of hydrogen-bond acceptors (Lipinski definition) is 6. The lowest BCUT2D eigenvalue weighted by atomic mass is 10.2. The summed E-state index contributed by atoms with van der Waals surface area (Å²) in [4.78, 5) is 4.00. The Morgan fingerprint density at radius 1 is 1.57 bits per heavy atom. The number of ether oxygens (including phenoxy) is 2. The van der Waals surface area contributed by atoms with E-state index in [0.29, 0.717) is 25.0 Å². The highest BCUT2D eigenvalue weighted by Crippen LogP contribution is 2.29. The molecule has 2 rings (SSSR count). The van der Waals surface area contributed by atoms with Gasteiger partial charge in [0.05, 0.1) is 18.9 Å². The highest BCUT2D eigenvalue weighted by atomic mass is 32.2. The Morgan fingerprint density at radius 2 is 2.33 bits per heavy atom. The zero-order valence-electron chi connectivity index (χ0n) is 12.6. The van der Waals surface area contributed by atoms with Crippen molar-refractivity contribution in [3.63, 3.8) is 0 Å². The fourth-order valence-corrected chi connectivity index (χ4v) is 5.06. The van der Waals surface area contributed by atoms with Crippen LogP contribution in [0.1, 0.15) is 33.6 Å². The largest absolute Gasteiger partial charge is 0.470 e. The summed E-state index contributed by atoms with van der Waals surface area (Å²) < 4.78 is 38.1. The van der Waals surface area contributed by atoms with Gasteiger partial charge < -0.3 is 9.47 Å². The standard InChI is InChI=1S/C13H22N2O4S2/c1-4-18-13-14-8-12(20-13)21(16,17)15(10(2)3)9-11-6-5-7-19-11/h8,10-11H,4-7,9H2,1-3H3. The van der Waals surface area contributed by atoms with Gasteiger partial charge in [-0.15, -0.1) is 0 Å². The molecule has 0 radical (unpaired) electrons. The second kappa shape index (κ2) is 7.04. The van der Waals surface area contributed by atoms with Crippen LogP contribution >= 0.6 is 11.3 Å². The lowest BCUT2D eigenvalue weighted by molar-refractivity contribution is 0.0886. The molecule has 1 aliphatic rings. The SMILES string of the molecule is CCOc1ncc(S(=O)(=O)N(CC2CCCO2)C(C)C)s1. The first-order valence-electron chi connectivity index (χ1n) is 7.17. The van der Waals surface area contributed by atoms with Crippen LogP contribution in [0.5, 0.6) is 5.19 Å². The summed E-state index contributed by atoms with van der Waals surface area (Å²) in [7, 11) is -3.56. The van der Waals surface area contributed by atoms with Crippen LogP contribution in [0.25, 0.3) is 0 Å². The monoisotopic (exact) mass is 334 g/mol. The number of nitrogens with zero attached hydrogens (tertiary/aromatic N) is 2. The van der Waals surface area contributed by atoms with E-state index in [1.54, 1.807) is 0 Å². The maximum Gasteiger partial charge on any atom is 0.274 e. The first-order valence-corrected chi connectivity index (χ1v) is 9.43. The topological polar surface area (TPSA) is 68.7 Å². The molecule has 1 aromatic heterocycles.